The number of esters is 1. The number of benzene rings is 2. The fourth-order valence-corrected chi connectivity index (χ4v) is 6.42. The fraction of sp³-hybridized carbons (Fsp3) is 0.417. The Bertz CT molecular complexity index is 957. The molecule has 29 heavy (non-hydrogen) atoms. The van der Waals surface area contributed by atoms with Crippen molar-refractivity contribution in [2.24, 2.45) is 17.8 Å². The maximum atomic E-state index is 12.8. The standard InChI is InChI=1S/C24H24O5/c25-20-6-5-17(23(28)29-21-4-2-1-3-18(21)22(26)27)10-19(20)24-11-14-7-15(12-24)9-16(8-14)13-24/h1-6,10,14-16,25H,7-9,11-13H2,(H,26,27). The van der Waals surface area contributed by atoms with E-state index in [-0.39, 0.29) is 22.5 Å². The number of phenols is 1. The Kier molecular flexibility index (Phi) is 4.16. The van der Waals surface area contributed by atoms with Crippen LogP contribution in [-0.4, -0.2) is 22.2 Å². The number of phenolic OH excluding ortho intramolecular Hbond substituents is 1. The Morgan fingerprint density at radius 2 is 1.55 bits per heavy atom. The highest BCUT2D eigenvalue weighted by Crippen LogP contribution is 2.61. The van der Waals surface area contributed by atoms with Gasteiger partial charge in [0, 0.05) is 5.56 Å². The predicted octanol–water partition coefficient (Wildman–Crippen LogP) is 4.78. The molecule has 0 spiro atoms. The van der Waals surface area contributed by atoms with Crippen LogP contribution in [0.25, 0.3) is 0 Å². The van der Waals surface area contributed by atoms with E-state index in [4.69, 9.17) is 4.74 Å². The van der Waals surface area contributed by atoms with Gasteiger partial charge in [-0.2, -0.15) is 0 Å². The molecule has 4 saturated carbocycles. The molecule has 4 fully saturated rings. The average molecular weight is 392 g/mol. The topological polar surface area (TPSA) is 83.8 Å². The van der Waals surface area contributed by atoms with Crippen LogP contribution in [-0.2, 0) is 5.41 Å². The molecule has 2 N–H and O–H groups in total. The van der Waals surface area contributed by atoms with Crippen molar-refractivity contribution >= 4 is 11.9 Å². The monoisotopic (exact) mass is 392 g/mol. The van der Waals surface area contributed by atoms with Gasteiger partial charge in [0.1, 0.15) is 17.1 Å². The lowest BCUT2D eigenvalue weighted by Crippen LogP contribution is -2.48. The van der Waals surface area contributed by atoms with E-state index in [0.29, 0.717) is 5.56 Å². The quantitative estimate of drug-likeness (QED) is 0.578. The third kappa shape index (κ3) is 3.09. The molecule has 5 nitrogen and oxygen atoms in total. The first-order valence-electron chi connectivity index (χ1n) is 10.3. The summed E-state index contributed by atoms with van der Waals surface area (Å²) in [6, 6.07) is 11.0. The van der Waals surface area contributed by atoms with Crippen LogP contribution in [0.5, 0.6) is 11.5 Å². The first-order chi connectivity index (χ1) is 13.9. The summed E-state index contributed by atoms with van der Waals surface area (Å²) in [5, 5.41) is 20.0. The second-order valence-corrected chi connectivity index (χ2v) is 9.12. The van der Waals surface area contributed by atoms with Crippen LogP contribution in [0.3, 0.4) is 0 Å². The maximum Gasteiger partial charge on any atom is 0.343 e. The zero-order valence-electron chi connectivity index (χ0n) is 16.1. The summed E-state index contributed by atoms with van der Waals surface area (Å²) >= 11 is 0. The lowest BCUT2D eigenvalue weighted by molar-refractivity contribution is -0.00616. The van der Waals surface area contributed by atoms with Gasteiger partial charge < -0.3 is 14.9 Å². The largest absolute Gasteiger partial charge is 0.508 e. The van der Waals surface area contributed by atoms with E-state index in [1.54, 1.807) is 30.3 Å². The van der Waals surface area contributed by atoms with E-state index >= 15 is 0 Å². The number of hydrogen-bond donors (Lipinski definition) is 2. The summed E-state index contributed by atoms with van der Waals surface area (Å²) in [5.41, 5.74) is 1.10. The van der Waals surface area contributed by atoms with Gasteiger partial charge in [-0.1, -0.05) is 12.1 Å². The Hall–Kier alpha value is -2.82. The number of carbonyl (C=O) groups is 2. The van der Waals surface area contributed by atoms with Crippen molar-refractivity contribution in [3.05, 3.63) is 59.2 Å². The minimum Gasteiger partial charge on any atom is -0.508 e. The molecular weight excluding hydrogens is 368 g/mol. The molecule has 0 radical (unpaired) electrons. The van der Waals surface area contributed by atoms with Crippen LogP contribution in [0.4, 0.5) is 0 Å². The molecule has 0 aromatic heterocycles. The van der Waals surface area contributed by atoms with Gasteiger partial charge in [-0.25, -0.2) is 9.59 Å². The minimum absolute atomic E-state index is 0.0226. The molecule has 6 rings (SSSR count). The second-order valence-electron chi connectivity index (χ2n) is 9.12. The summed E-state index contributed by atoms with van der Waals surface area (Å²) in [6.07, 6.45) is 7.13. The van der Waals surface area contributed by atoms with Crippen LogP contribution >= 0.6 is 0 Å². The molecule has 5 heteroatoms. The first-order valence-corrected chi connectivity index (χ1v) is 10.3. The highest BCUT2D eigenvalue weighted by molar-refractivity contribution is 5.95. The molecule has 0 unspecified atom stereocenters. The van der Waals surface area contributed by atoms with E-state index in [9.17, 15) is 19.8 Å². The number of aromatic hydroxyl groups is 1. The van der Waals surface area contributed by atoms with Gasteiger partial charge in [0.2, 0.25) is 0 Å². The van der Waals surface area contributed by atoms with Crippen LogP contribution in [0.15, 0.2) is 42.5 Å². The molecule has 4 bridgehead atoms. The Balaban J connectivity index is 1.46. The molecule has 2 aromatic carbocycles. The second kappa shape index (κ2) is 6.61. The number of aromatic carboxylic acids is 1. The highest BCUT2D eigenvalue weighted by Gasteiger charge is 2.52. The van der Waals surface area contributed by atoms with Crippen molar-refractivity contribution < 1.29 is 24.5 Å². The lowest BCUT2D eigenvalue weighted by Gasteiger charge is -2.57. The van der Waals surface area contributed by atoms with Crippen molar-refractivity contribution in [3.8, 4) is 11.5 Å². The fourth-order valence-electron chi connectivity index (χ4n) is 6.42. The molecule has 4 aliphatic rings. The Labute approximate surface area is 169 Å². The molecule has 150 valence electrons. The normalized spacial score (nSPS) is 29.6. The van der Waals surface area contributed by atoms with Crippen molar-refractivity contribution in [2.75, 3.05) is 0 Å². The molecule has 0 aliphatic heterocycles. The van der Waals surface area contributed by atoms with E-state index in [0.717, 1.165) is 42.6 Å². The zero-order chi connectivity index (χ0) is 20.2. The molecule has 0 atom stereocenters. The zero-order valence-corrected chi connectivity index (χ0v) is 16.1. The first kappa shape index (κ1) is 18.2. The van der Waals surface area contributed by atoms with E-state index < -0.39 is 11.9 Å². The molecule has 0 amide bonds. The maximum absolute atomic E-state index is 12.8. The lowest BCUT2D eigenvalue weighted by atomic mass is 9.48. The third-order valence-electron chi connectivity index (χ3n) is 7.16. The van der Waals surface area contributed by atoms with Gasteiger partial charge >= 0.3 is 11.9 Å². The van der Waals surface area contributed by atoms with Gasteiger partial charge in [-0.3, -0.25) is 0 Å². The van der Waals surface area contributed by atoms with Crippen LogP contribution in [0.1, 0.15) is 64.8 Å². The van der Waals surface area contributed by atoms with Gasteiger partial charge in [-0.05, 0) is 92.0 Å². The van der Waals surface area contributed by atoms with Gasteiger partial charge in [0.15, 0.2) is 0 Å². The molecular formula is C24H24O5. The van der Waals surface area contributed by atoms with Gasteiger partial charge in [-0.15, -0.1) is 0 Å². The number of carboxylic acids is 1. The predicted molar refractivity (Wildman–Crippen MR) is 106 cm³/mol. The Morgan fingerprint density at radius 3 is 2.17 bits per heavy atom. The Morgan fingerprint density at radius 1 is 0.931 bits per heavy atom. The summed E-state index contributed by atoms with van der Waals surface area (Å²) in [5.74, 6) is 0.679. The summed E-state index contributed by atoms with van der Waals surface area (Å²) in [6.45, 7) is 0. The minimum atomic E-state index is -1.15. The van der Waals surface area contributed by atoms with Crippen LogP contribution in [0.2, 0.25) is 0 Å². The van der Waals surface area contributed by atoms with Crippen molar-refractivity contribution in [1.82, 2.24) is 0 Å². The number of rotatable bonds is 4. The third-order valence-corrected chi connectivity index (χ3v) is 7.16. The van der Waals surface area contributed by atoms with E-state index in [1.165, 1.54) is 31.4 Å². The van der Waals surface area contributed by atoms with Gasteiger partial charge in [0.05, 0.1) is 5.56 Å². The van der Waals surface area contributed by atoms with Crippen molar-refractivity contribution in [3.63, 3.8) is 0 Å². The summed E-state index contributed by atoms with van der Waals surface area (Å²) in [7, 11) is 0. The van der Waals surface area contributed by atoms with E-state index in [1.807, 2.05) is 0 Å². The number of ether oxygens (including phenoxy) is 1. The highest BCUT2D eigenvalue weighted by atomic mass is 16.5. The summed E-state index contributed by atoms with van der Waals surface area (Å²) in [4.78, 5) is 24.2. The smallest absolute Gasteiger partial charge is 0.343 e. The van der Waals surface area contributed by atoms with Crippen LogP contribution in [0, 0.1) is 17.8 Å². The number of carbonyl (C=O) groups excluding carboxylic acids is 1. The number of para-hydroxylation sites is 1. The molecule has 0 saturated heterocycles. The SMILES string of the molecule is O=C(Oc1ccccc1C(=O)O)c1ccc(O)c(C23CC4CC(CC(C4)C2)C3)c1. The number of hydrogen-bond acceptors (Lipinski definition) is 4. The van der Waals surface area contributed by atoms with Crippen molar-refractivity contribution in [2.45, 2.75) is 43.9 Å². The van der Waals surface area contributed by atoms with Crippen LogP contribution < -0.4 is 4.74 Å². The van der Waals surface area contributed by atoms with Crippen molar-refractivity contribution in [1.29, 1.82) is 0 Å². The molecule has 2 aromatic rings. The van der Waals surface area contributed by atoms with E-state index in [2.05, 4.69) is 0 Å². The molecule has 0 heterocycles. The number of carboxylic acid groups (broad SMARTS) is 1. The summed E-state index contributed by atoms with van der Waals surface area (Å²) < 4.78 is 5.41. The molecule has 4 aliphatic carbocycles. The average Bonchev–Trinajstić information content (AvgIpc) is 2.67. The van der Waals surface area contributed by atoms with Gasteiger partial charge in [0.25, 0.3) is 0 Å².